The molecule has 19 heavy (non-hydrogen) atoms. The van der Waals surface area contributed by atoms with Gasteiger partial charge < -0.3 is 9.47 Å². The third kappa shape index (κ3) is 2.59. The number of rotatable bonds is 4. The number of methoxy groups -OCH3 is 1. The molecule has 2 atom stereocenters. The summed E-state index contributed by atoms with van der Waals surface area (Å²) >= 11 is 1.88. The Kier molecular flexibility index (Phi) is 3.94. The maximum absolute atomic E-state index is 5.92. The zero-order valence-electron chi connectivity index (χ0n) is 11.9. The van der Waals surface area contributed by atoms with Crippen LogP contribution >= 0.6 is 11.3 Å². The van der Waals surface area contributed by atoms with Gasteiger partial charge in [-0.3, -0.25) is 4.90 Å². The van der Waals surface area contributed by atoms with Gasteiger partial charge in [0.15, 0.2) is 0 Å². The Balaban J connectivity index is 1.70. The number of likely N-dealkylation sites (tertiary alicyclic amines) is 1. The SMILES string of the molecule is COC[C@@]12CCO[C@@H]1CCN(Cc1sccc1C)C2. The van der Waals surface area contributed by atoms with E-state index in [0.717, 1.165) is 45.7 Å². The van der Waals surface area contributed by atoms with E-state index in [1.807, 2.05) is 18.4 Å². The number of fused-ring (bicyclic) bond motifs is 1. The van der Waals surface area contributed by atoms with Crippen molar-refractivity contribution in [2.75, 3.05) is 33.4 Å². The van der Waals surface area contributed by atoms with Gasteiger partial charge >= 0.3 is 0 Å². The number of hydrogen-bond acceptors (Lipinski definition) is 4. The van der Waals surface area contributed by atoms with Crippen LogP contribution in [0.15, 0.2) is 11.4 Å². The molecule has 1 aromatic heterocycles. The topological polar surface area (TPSA) is 21.7 Å². The van der Waals surface area contributed by atoms with Crippen LogP contribution in [0.1, 0.15) is 23.3 Å². The van der Waals surface area contributed by atoms with Crippen molar-refractivity contribution in [2.24, 2.45) is 5.41 Å². The monoisotopic (exact) mass is 281 g/mol. The molecule has 2 aliphatic heterocycles. The van der Waals surface area contributed by atoms with E-state index in [9.17, 15) is 0 Å². The average molecular weight is 281 g/mol. The predicted molar refractivity (Wildman–Crippen MR) is 77.6 cm³/mol. The summed E-state index contributed by atoms with van der Waals surface area (Å²) in [4.78, 5) is 4.09. The van der Waals surface area contributed by atoms with Crippen LogP contribution in [0, 0.1) is 12.3 Å². The Morgan fingerprint density at radius 1 is 1.58 bits per heavy atom. The first kappa shape index (κ1) is 13.6. The molecule has 0 bridgehead atoms. The molecule has 0 aliphatic carbocycles. The van der Waals surface area contributed by atoms with Gasteiger partial charge in [-0.25, -0.2) is 0 Å². The molecule has 2 fully saturated rings. The first-order valence-electron chi connectivity index (χ1n) is 7.09. The number of hydrogen-bond donors (Lipinski definition) is 0. The van der Waals surface area contributed by atoms with Gasteiger partial charge in [0.05, 0.1) is 12.7 Å². The van der Waals surface area contributed by atoms with Crippen molar-refractivity contribution in [3.63, 3.8) is 0 Å². The zero-order valence-corrected chi connectivity index (χ0v) is 12.7. The maximum atomic E-state index is 5.92. The molecule has 3 rings (SSSR count). The molecule has 2 aliphatic rings. The highest BCUT2D eigenvalue weighted by Crippen LogP contribution is 2.41. The fourth-order valence-electron chi connectivity index (χ4n) is 3.54. The van der Waals surface area contributed by atoms with Gasteiger partial charge in [-0.2, -0.15) is 0 Å². The van der Waals surface area contributed by atoms with E-state index in [1.165, 1.54) is 10.4 Å². The van der Waals surface area contributed by atoms with Crippen LogP contribution in [0.3, 0.4) is 0 Å². The van der Waals surface area contributed by atoms with Crippen molar-refractivity contribution in [1.82, 2.24) is 4.90 Å². The van der Waals surface area contributed by atoms with Crippen molar-refractivity contribution in [3.8, 4) is 0 Å². The van der Waals surface area contributed by atoms with Crippen LogP contribution in [0.5, 0.6) is 0 Å². The maximum Gasteiger partial charge on any atom is 0.0678 e. The number of ether oxygens (including phenoxy) is 2. The van der Waals surface area contributed by atoms with Crippen molar-refractivity contribution in [3.05, 3.63) is 21.9 Å². The molecular formula is C15H23NO2S. The van der Waals surface area contributed by atoms with Gasteiger partial charge in [0, 0.05) is 43.6 Å². The van der Waals surface area contributed by atoms with E-state index < -0.39 is 0 Å². The molecular weight excluding hydrogens is 258 g/mol. The van der Waals surface area contributed by atoms with E-state index in [-0.39, 0.29) is 5.41 Å². The van der Waals surface area contributed by atoms with E-state index in [2.05, 4.69) is 23.3 Å². The van der Waals surface area contributed by atoms with Gasteiger partial charge in [-0.15, -0.1) is 11.3 Å². The second-order valence-electron chi connectivity index (χ2n) is 5.93. The molecule has 3 nitrogen and oxygen atoms in total. The summed E-state index contributed by atoms with van der Waals surface area (Å²) in [5.74, 6) is 0. The second kappa shape index (κ2) is 5.52. The number of nitrogens with zero attached hydrogens (tertiary/aromatic N) is 1. The lowest BCUT2D eigenvalue weighted by atomic mass is 9.77. The lowest BCUT2D eigenvalue weighted by molar-refractivity contribution is -0.0555. The van der Waals surface area contributed by atoms with Crippen molar-refractivity contribution in [2.45, 2.75) is 32.4 Å². The van der Waals surface area contributed by atoms with Crippen LogP contribution in [-0.4, -0.2) is 44.4 Å². The Labute approximate surface area is 119 Å². The van der Waals surface area contributed by atoms with Crippen LogP contribution in [0.25, 0.3) is 0 Å². The average Bonchev–Trinajstić information content (AvgIpc) is 2.97. The van der Waals surface area contributed by atoms with Crippen molar-refractivity contribution < 1.29 is 9.47 Å². The summed E-state index contributed by atoms with van der Waals surface area (Å²) in [5.41, 5.74) is 1.66. The molecule has 3 heterocycles. The molecule has 0 amide bonds. The minimum atomic E-state index is 0.234. The molecule has 1 aromatic rings. The fourth-order valence-corrected chi connectivity index (χ4v) is 4.49. The van der Waals surface area contributed by atoms with Crippen molar-refractivity contribution in [1.29, 1.82) is 0 Å². The lowest BCUT2D eigenvalue weighted by Crippen LogP contribution is -2.51. The van der Waals surface area contributed by atoms with E-state index in [0.29, 0.717) is 6.10 Å². The standard InChI is InChI=1S/C15H23NO2S/c1-12-4-8-19-13(12)9-16-6-3-14-15(10-16,11-17-2)5-7-18-14/h4,8,14H,3,5-7,9-11H2,1-2H3/t14-,15+/m1/s1. The number of thiophene rings is 1. The van der Waals surface area contributed by atoms with Gasteiger partial charge in [0.2, 0.25) is 0 Å². The molecule has 0 aromatic carbocycles. The number of aryl methyl sites for hydroxylation is 1. The minimum absolute atomic E-state index is 0.234. The highest BCUT2D eigenvalue weighted by molar-refractivity contribution is 7.10. The summed E-state index contributed by atoms with van der Waals surface area (Å²) in [6, 6.07) is 2.22. The Morgan fingerprint density at radius 3 is 3.21 bits per heavy atom. The summed E-state index contributed by atoms with van der Waals surface area (Å²) in [5, 5.41) is 2.20. The van der Waals surface area contributed by atoms with Crippen LogP contribution in [-0.2, 0) is 16.0 Å². The summed E-state index contributed by atoms with van der Waals surface area (Å²) in [6.07, 6.45) is 2.70. The normalized spacial score (nSPS) is 31.6. The van der Waals surface area contributed by atoms with Gasteiger partial charge in [0.1, 0.15) is 0 Å². The molecule has 0 saturated carbocycles. The zero-order chi connectivity index (χ0) is 13.3. The first-order chi connectivity index (χ1) is 9.23. The fraction of sp³-hybridized carbons (Fsp3) is 0.733. The van der Waals surface area contributed by atoms with Gasteiger partial charge in [0.25, 0.3) is 0 Å². The molecule has 0 spiro atoms. The predicted octanol–water partition coefficient (Wildman–Crippen LogP) is 2.68. The van der Waals surface area contributed by atoms with Gasteiger partial charge in [-0.1, -0.05) is 0 Å². The molecule has 4 heteroatoms. The number of piperidine rings is 1. The van der Waals surface area contributed by atoms with E-state index in [4.69, 9.17) is 9.47 Å². The summed E-state index contributed by atoms with van der Waals surface area (Å²) in [6.45, 7) is 7.29. The highest BCUT2D eigenvalue weighted by atomic mass is 32.1. The third-order valence-corrected chi connectivity index (χ3v) is 5.62. The van der Waals surface area contributed by atoms with Crippen LogP contribution in [0.4, 0.5) is 0 Å². The smallest absolute Gasteiger partial charge is 0.0678 e. The minimum Gasteiger partial charge on any atom is -0.384 e. The first-order valence-corrected chi connectivity index (χ1v) is 7.97. The highest BCUT2D eigenvalue weighted by Gasteiger charge is 2.47. The third-order valence-electron chi connectivity index (χ3n) is 4.62. The van der Waals surface area contributed by atoms with Crippen molar-refractivity contribution >= 4 is 11.3 Å². The Bertz CT molecular complexity index is 434. The Hall–Kier alpha value is -0.420. The second-order valence-corrected chi connectivity index (χ2v) is 6.93. The molecule has 0 N–H and O–H groups in total. The molecule has 0 radical (unpaired) electrons. The van der Waals surface area contributed by atoms with Crippen LogP contribution in [0.2, 0.25) is 0 Å². The summed E-state index contributed by atoms with van der Waals surface area (Å²) in [7, 11) is 1.81. The molecule has 106 valence electrons. The lowest BCUT2D eigenvalue weighted by Gasteiger charge is -2.43. The molecule has 0 unspecified atom stereocenters. The molecule has 2 saturated heterocycles. The Morgan fingerprint density at radius 2 is 2.47 bits per heavy atom. The van der Waals surface area contributed by atoms with E-state index in [1.54, 1.807) is 0 Å². The van der Waals surface area contributed by atoms with E-state index >= 15 is 0 Å². The van der Waals surface area contributed by atoms with Crippen LogP contribution < -0.4 is 0 Å². The largest absolute Gasteiger partial charge is 0.384 e. The summed E-state index contributed by atoms with van der Waals surface area (Å²) < 4.78 is 11.4. The quantitative estimate of drug-likeness (QED) is 0.847. The van der Waals surface area contributed by atoms with Gasteiger partial charge in [-0.05, 0) is 36.8 Å².